The van der Waals surface area contributed by atoms with Crippen molar-refractivity contribution in [3.63, 3.8) is 0 Å². The van der Waals surface area contributed by atoms with Gasteiger partial charge in [-0.3, -0.25) is 9.59 Å². The number of amides is 1. The number of carboxylic acids is 1. The van der Waals surface area contributed by atoms with Crippen LogP contribution >= 0.6 is 0 Å². The van der Waals surface area contributed by atoms with Gasteiger partial charge in [-0.1, -0.05) is 30.3 Å². The van der Waals surface area contributed by atoms with Crippen LogP contribution in [0, 0.1) is 5.92 Å². The number of carbonyl (C=O) groups excluding carboxylic acids is 1. The molecule has 4 nitrogen and oxygen atoms in total. The molecule has 1 fully saturated rings. The molecule has 1 aliphatic rings. The molecular formula is C13H15NO3. The van der Waals surface area contributed by atoms with Gasteiger partial charge >= 0.3 is 5.97 Å². The first-order valence-corrected chi connectivity index (χ1v) is 5.74. The Labute approximate surface area is 99.6 Å². The van der Waals surface area contributed by atoms with Crippen molar-refractivity contribution in [2.45, 2.75) is 18.8 Å². The van der Waals surface area contributed by atoms with E-state index in [1.54, 1.807) is 24.3 Å². The maximum Gasteiger partial charge on any atom is 0.312 e. The van der Waals surface area contributed by atoms with E-state index in [4.69, 9.17) is 5.11 Å². The molecule has 1 aromatic carbocycles. The van der Waals surface area contributed by atoms with Gasteiger partial charge in [-0.25, -0.2) is 0 Å². The molecule has 17 heavy (non-hydrogen) atoms. The third-order valence-corrected chi connectivity index (χ3v) is 2.93. The molecule has 1 unspecified atom stereocenters. The van der Waals surface area contributed by atoms with Gasteiger partial charge in [-0.2, -0.15) is 0 Å². The quantitative estimate of drug-likeness (QED) is 0.807. The molecule has 0 bridgehead atoms. The lowest BCUT2D eigenvalue weighted by atomic mass is 9.99. The van der Waals surface area contributed by atoms with E-state index in [2.05, 4.69) is 5.32 Å². The summed E-state index contributed by atoms with van der Waals surface area (Å²) in [7, 11) is 0. The predicted octanol–water partition coefficient (Wildman–Crippen LogP) is 1.38. The minimum absolute atomic E-state index is 0.0211. The average Bonchev–Trinajstić information content (AvgIpc) is 3.14. The molecule has 1 aromatic rings. The lowest BCUT2D eigenvalue weighted by Crippen LogP contribution is -2.32. The van der Waals surface area contributed by atoms with Gasteiger partial charge in [0.15, 0.2) is 0 Å². The molecule has 1 amide bonds. The summed E-state index contributed by atoms with van der Waals surface area (Å²) in [5.74, 6) is -1.49. The maximum atomic E-state index is 11.5. The highest BCUT2D eigenvalue weighted by Crippen LogP contribution is 2.29. The Balaban J connectivity index is 1.97. The van der Waals surface area contributed by atoms with Crippen LogP contribution in [0.4, 0.5) is 0 Å². The van der Waals surface area contributed by atoms with E-state index in [9.17, 15) is 9.59 Å². The predicted molar refractivity (Wildman–Crippen MR) is 62.6 cm³/mol. The molecule has 1 aliphatic carbocycles. The molecule has 0 radical (unpaired) electrons. The number of aliphatic carboxylic acids is 1. The Hall–Kier alpha value is -1.84. The molecule has 2 N–H and O–H groups in total. The van der Waals surface area contributed by atoms with Crippen LogP contribution in [0.25, 0.3) is 0 Å². The highest BCUT2D eigenvalue weighted by molar-refractivity contribution is 5.82. The first kappa shape index (κ1) is 11.6. The van der Waals surface area contributed by atoms with Gasteiger partial charge in [0.1, 0.15) is 0 Å². The molecule has 1 saturated carbocycles. The van der Waals surface area contributed by atoms with Crippen molar-refractivity contribution in [2.24, 2.45) is 5.92 Å². The van der Waals surface area contributed by atoms with Crippen LogP contribution in [0.15, 0.2) is 30.3 Å². The zero-order valence-electron chi connectivity index (χ0n) is 9.43. The van der Waals surface area contributed by atoms with Crippen LogP contribution in [0.1, 0.15) is 24.3 Å². The van der Waals surface area contributed by atoms with Crippen LogP contribution in [0.5, 0.6) is 0 Å². The number of nitrogens with one attached hydrogen (secondary N) is 1. The van der Waals surface area contributed by atoms with Crippen LogP contribution in [0.2, 0.25) is 0 Å². The standard InChI is InChI=1S/C13H15NO3/c15-12(10-6-7-10)14-8-11(13(16)17)9-4-2-1-3-5-9/h1-5,10-11H,6-8H2,(H,14,15)(H,16,17). The molecule has 0 heterocycles. The lowest BCUT2D eigenvalue weighted by molar-refractivity contribution is -0.138. The summed E-state index contributed by atoms with van der Waals surface area (Å²) in [4.78, 5) is 22.6. The summed E-state index contributed by atoms with van der Waals surface area (Å²) in [6.07, 6.45) is 1.85. The molecule has 0 aliphatic heterocycles. The number of hydrogen-bond acceptors (Lipinski definition) is 2. The number of carboxylic acid groups (broad SMARTS) is 1. The molecule has 4 heteroatoms. The fourth-order valence-corrected chi connectivity index (χ4v) is 1.73. The van der Waals surface area contributed by atoms with Crippen molar-refractivity contribution < 1.29 is 14.7 Å². The van der Waals surface area contributed by atoms with E-state index in [-0.39, 0.29) is 18.4 Å². The smallest absolute Gasteiger partial charge is 0.312 e. The summed E-state index contributed by atoms with van der Waals surface area (Å²) < 4.78 is 0. The second kappa shape index (κ2) is 4.99. The van der Waals surface area contributed by atoms with Gasteiger partial charge in [0.2, 0.25) is 5.91 Å². The van der Waals surface area contributed by atoms with E-state index in [1.165, 1.54) is 0 Å². The molecule has 2 rings (SSSR count). The van der Waals surface area contributed by atoms with Gasteiger partial charge in [0.05, 0.1) is 5.92 Å². The van der Waals surface area contributed by atoms with Crippen LogP contribution in [0.3, 0.4) is 0 Å². The van der Waals surface area contributed by atoms with Gasteiger partial charge in [-0.15, -0.1) is 0 Å². The summed E-state index contributed by atoms with van der Waals surface area (Å²) in [5, 5.41) is 11.8. The molecule has 0 aromatic heterocycles. The highest BCUT2D eigenvalue weighted by Gasteiger charge is 2.30. The fourth-order valence-electron chi connectivity index (χ4n) is 1.73. The Bertz CT molecular complexity index is 412. The number of hydrogen-bond donors (Lipinski definition) is 2. The Morgan fingerprint density at radius 3 is 2.47 bits per heavy atom. The minimum Gasteiger partial charge on any atom is -0.481 e. The van der Waals surface area contributed by atoms with Crippen molar-refractivity contribution in [3.05, 3.63) is 35.9 Å². The molecule has 0 saturated heterocycles. The first-order valence-electron chi connectivity index (χ1n) is 5.74. The number of carbonyl (C=O) groups is 2. The zero-order valence-corrected chi connectivity index (χ0v) is 9.43. The number of benzene rings is 1. The second-order valence-electron chi connectivity index (χ2n) is 4.32. The van der Waals surface area contributed by atoms with Gasteiger partial charge in [0.25, 0.3) is 0 Å². The van der Waals surface area contributed by atoms with Crippen molar-refractivity contribution in [1.29, 1.82) is 0 Å². The van der Waals surface area contributed by atoms with E-state index in [0.717, 1.165) is 18.4 Å². The minimum atomic E-state index is -0.910. The SMILES string of the molecule is O=C(NCC(C(=O)O)c1ccccc1)C1CC1. The van der Waals surface area contributed by atoms with E-state index >= 15 is 0 Å². The number of rotatable bonds is 5. The van der Waals surface area contributed by atoms with Crippen molar-refractivity contribution in [3.8, 4) is 0 Å². The summed E-state index contributed by atoms with van der Waals surface area (Å²) >= 11 is 0. The van der Waals surface area contributed by atoms with Crippen LogP contribution in [-0.4, -0.2) is 23.5 Å². The topological polar surface area (TPSA) is 66.4 Å². The monoisotopic (exact) mass is 233 g/mol. The average molecular weight is 233 g/mol. The summed E-state index contributed by atoms with van der Waals surface area (Å²) in [5.41, 5.74) is 0.719. The van der Waals surface area contributed by atoms with E-state index in [0.29, 0.717) is 0 Å². The fraction of sp³-hybridized carbons (Fsp3) is 0.385. The molecule has 0 spiro atoms. The third-order valence-electron chi connectivity index (χ3n) is 2.93. The van der Waals surface area contributed by atoms with Gasteiger partial charge in [0, 0.05) is 12.5 Å². The molecule has 1 atom stereocenters. The van der Waals surface area contributed by atoms with Crippen molar-refractivity contribution >= 4 is 11.9 Å². The summed E-state index contributed by atoms with van der Waals surface area (Å²) in [6, 6.07) is 8.97. The van der Waals surface area contributed by atoms with Gasteiger partial charge in [-0.05, 0) is 18.4 Å². The van der Waals surface area contributed by atoms with Crippen LogP contribution < -0.4 is 5.32 Å². The first-order chi connectivity index (χ1) is 8.18. The van der Waals surface area contributed by atoms with Crippen LogP contribution in [-0.2, 0) is 9.59 Å². The van der Waals surface area contributed by atoms with Crippen molar-refractivity contribution in [1.82, 2.24) is 5.32 Å². The highest BCUT2D eigenvalue weighted by atomic mass is 16.4. The Morgan fingerprint density at radius 2 is 1.94 bits per heavy atom. The molecule has 90 valence electrons. The maximum absolute atomic E-state index is 11.5. The van der Waals surface area contributed by atoms with E-state index < -0.39 is 11.9 Å². The summed E-state index contributed by atoms with van der Waals surface area (Å²) in [6.45, 7) is 0.161. The van der Waals surface area contributed by atoms with Crippen molar-refractivity contribution in [2.75, 3.05) is 6.54 Å². The van der Waals surface area contributed by atoms with E-state index in [1.807, 2.05) is 6.07 Å². The second-order valence-corrected chi connectivity index (χ2v) is 4.32. The Morgan fingerprint density at radius 1 is 1.29 bits per heavy atom. The Kier molecular flexibility index (Phi) is 3.42. The normalized spacial score (nSPS) is 16.2. The lowest BCUT2D eigenvalue weighted by Gasteiger charge is -2.13. The van der Waals surface area contributed by atoms with Gasteiger partial charge < -0.3 is 10.4 Å². The third kappa shape index (κ3) is 3.06. The zero-order chi connectivity index (χ0) is 12.3. The largest absolute Gasteiger partial charge is 0.481 e. The molecular weight excluding hydrogens is 218 g/mol.